The number of hydrogen-bond donors (Lipinski definition) is 2. The van der Waals surface area contributed by atoms with E-state index in [1.54, 1.807) is 0 Å². The normalized spacial score (nSPS) is 24.2. The summed E-state index contributed by atoms with van der Waals surface area (Å²) in [5.74, 6) is 0.525. The molecule has 2 aromatic rings. The number of nitrogens with one attached hydrogen (secondary N) is 1. The van der Waals surface area contributed by atoms with E-state index in [2.05, 4.69) is 17.2 Å². The fraction of sp³-hybridized carbons (Fsp3) is 0.533. The Hall–Kier alpha value is -1.55. The molecule has 0 spiro atoms. The summed E-state index contributed by atoms with van der Waals surface area (Å²) >= 11 is 0. The number of aliphatic hydroxyl groups excluding tert-OH is 1. The van der Waals surface area contributed by atoms with Crippen molar-refractivity contribution in [3.05, 3.63) is 23.8 Å². The van der Waals surface area contributed by atoms with E-state index in [1.165, 1.54) is 5.56 Å². The second-order valence-electron chi connectivity index (χ2n) is 5.53. The van der Waals surface area contributed by atoms with Crippen LogP contribution < -0.4 is 5.32 Å². The minimum Gasteiger partial charge on any atom is -0.424 e. The Morgan fingerprint density at radius 2 is 2.26 bits per heavy atom. The van der Waals surface area contributed by atoms with Crippen LogP contribution in [0.4, 0.5) is 6.01 Å². The van der Waals surface area contributed by atoms with Crippen molar-refractivity contribution in [2.24, 2.45) is 5.92 Å². The minimum absolute atomic E-state index is 0.118. The van der Waals surface area contributed by atoms with Gasteiger partial charge in [0, 0.05) is 6.04 Å². The van der Waals surface area contributed by atoms with Gasteiger partial charge in [-0.25, -0.2) is 0 Å². The van der Waals surface area contributed by atoms with Gasteiger partial charge in [0.1, 0.15) is 5.52 Å². The standard InChI is InChI=1S/C15H20N2O2/c1-3-12(10-7-11(18)8-10)16-15-17-13-6-9(2)4-5-14(13)19-15/h4-6,10-12,18H,3,7-8H2,1-2H3,(H,16,17). The highest BCUT2D eigenvalue weighted by Gasteiger charge is 2.33. The summed E-state index contributed by atoms with van der Waals surface area (Å²) in [5, 5.41) is 12.8. The van der Waals surface area contributed by atoms with Crippen LogP contribution in [0.5, 0.6) is 0 Å². The van der Waals surface area contributed by atoms with Crippen LogP contribution in [0, 0.1) is 12.8 Å². The van der Waals surface area contributed by atoms with E-state index < -0.39 is 0 Å². The second kappa shape index (κ2) is 4.85. The maximum absolute atomic E-state index is 9.41. The van der Waals surface area contributed by atoms with Crippen LogP contribution in [0.3, 0.4) is 0 Å². The molecule has 2 N–H and O–H groups in total. The molecule has 4 nitrogen and oxygen atoms in total. The van der Waals surface area contributed by atoms with Crippen LogP contribution in [0.1, 0.15) is 31.7 Å². The molecule has 19 heavy (non-hydrogen) atoms. The maximum Gasteiger partial charge on any atom is 0.295 e. The van der Waals surface area contributed by atoms with Crippen LogP contribution >= 0.6 is 0 Å². The van der Waals surface area contributed by atoms with E-state index >= 15 is 0 Å². The lowest BCUT2D eigenvalue weighted by molar-refractivity contribution is 0.0333. The molecule has 4 heteroatoms. The molecular weight excluding hydrogens is 240 g/mol. The lowest BCUT2D eigenvalue weighted by Gasteiger charge is -2.37. The molecule has 1 aliphatic carbocycles. The molecule has 3 rings (SSSR count). The Bertz CT molecular complexity index is 573. The van der Waals surface area contributed by atoms with Gasteiger partial charge in [-0.3, -0.25) is 0 Å². The monoisotopic (exact) mass is 260 g/mol. The number of hydrogen-bond acceptors (Lipinski definition) is 4. The number of nitrogens with zero attached hydrogens (tertiary/aromatic N) is 1. The van der Waals surface area contributed by atoms with Gasteiger partial charge < -0.3 is 14.8 Å². The third-order valence-electron chi connectivity index (χ3n) is 4.01. The molecular formula is C15H20N2O2. The molecule has 1 heterocycles. The van der Waals surface area contributed by atoms with Gasteiger partial charge in [-0.05, 0) is 49.8 Å². The van der Waals surface area contributed by atoms with Gasteiger partial charge in [0.05, 0.1) is 6.10 Å². The van der Waals surface area contributed by atoms with E-state index in [0.717, 1.165) is 30.4 Å². The first-order valence-electron chi connectivity index (χ1n) is 6.97. The number of fused-ring (bicyclic) bond motifs is 1. The molecule has 1 atom stereocenters. The first kappa shape index (κ1) is 12.5. The molecule has 1 saturated carbocycles. The van der Waals surface area contributed by atoms with Gasteiger partial charge >= 0.3 is 0 Å². The van der Waals surface area contributed by atoms with Crippen molar-refractivity contribution < 1.29 is 9.52 Å². The molecule has 0 saturated heterocycles. The Kier molecular flexibility index (Phi) is 3.19. The lowest BCUT2D eigenvalue weighted by atomic mass is 9.76. The summed E-state index contributed by atoms with van der Waals surface area (Å²) in [6, 6.07) is 6.93. The third-order valence-corrected chi connectivity index (χ3v) is 4.01. The van der Waals surface area contributed by atoms with Crippen LogP contribution in [0.2, 0.25) is 0 Å². The van der Waals surface area contributed by atoms with Crippen molar-refractivity contribution in [1.82, 2.24) is 4.98 Å². The molecule has 0 aliphatic heterocycles. The molecule has 0 amide bonds. The summed E-state index contributed by atoms with van der Waals surface area (Å²) in [6.45, 7) is 4.20. The summed E-state index contributed by atoms with van der Waals surface area (Å²) in [7, 11) is 0. The number of aliphatic hydroxyl groups is 1. The summed E-state index contributed by atoms with van der Waals surface area (Å²) in [6.07, 6.45) is 2.65. The molecule has 1 aromatic carbocycles. The number of rotatable bonds is 4. The Morgan fingerprint density at radius 1 is 1.47 bits per heavy atom. The van der Waals surface area contributed by atoms with Crippen LogP contribution in [0.15, 0.2) is 22.6 Å². The van der Waals surface area contributed by atoms with Gasteiger partial charge in [0.2, 0.25) is 0 Å². The van der Waals surface area contributed by atoms with Crippen molar-refractivity contribution in [1.29, 1.82) is 0 Å². The fourth-order valence-corrected chi connectivity index (χ4v) is 2.77. The van der Waals surface area contributed by atoms with Gasteiger partial charge in [-0.15, -0.1) is 0 Å². The van der Waals surface area contributed by atoms with E-state index in [1.807, 2.05) is 25.1 Å². The molecule has 1 unspecified atom stereocenters. The number of oxazole rings is 1. The van der Waals surface area contributed by atoms with Gasteiger partial charge in [-0.1, -0.05) is 13.0 Å². The topological polar surface area (TPSA) is 58.3 Å². The van der Waals surface area contributed by atoms with Crippen LogP contribution in [0.25, 0.3) is 11.1 Å². The number of aromatic nitrogens is 1. The zero-order chi connectivity index (χ0) is 13.4. The summed E-state index contributed by atoms with van der Waals surface area (Å²) in [5.41, 5.74) is 2.89. The zero-order valence-electron chi connectivity index (χ0n) is 11.4. The van der Waals surface area contributed by atoms with Crippen molar-refractivity contribution in [3.63, 3.8) is 0 Å². The Balaban J connectivity index is 1.76. The van der Waals surface area contributed by atoms with Gasteiger partial charge in [-0.2, -0.15) is 4.98 Å². The van der Waals surface area contributed by atoms with E-state index in [-0.39, 0.29) is 6.10 Å². The summed E-state index contributed by atoms with van der Waals surface area (Å²) < 4.78 is 5.72. The zero-order valence-corrected chi connectivity index (χ0v) is 11.4. The van der Waals surface area contributed by atoms with Gasteiger partial charge in [0.25, 0.3) is 6.01 Å². The molecule has 1 fully saturated rings. The van der Waals surface area contributed by atoms with Crippen LogP contribution in [-0.4, -0.2) is 22.2 Å². The highest BCUT2D eigenvalue weighted by molar-refractivity contribution is 5.75. The van der Waals surface area contributed by atoms with Gasteiger partial charge in [0.15, 0.2) is 5.58 Å². The number of benzene rings is 1. The molecule has 0 radical (unpaired) electrons. The molecule has 1 aromatic heterocycles. The molecule has 102 valence electrons. The van der Waals surface area contributed by atoms with E-state index in [4.69, 9.17) is 4.42 Å². The Labute approximate surface area is 112 Å². The first-order chi connectivity index (χ1) is 9.15. The quantitative estimate of drug-likeness (QED) is 0.887. The van der Waals surface area contributed by atoms with Crippen molar-refractivity contribution in [3.8, 4) is 0 Å². The summed E-state index contributed by atoms with van der Waals surface area (Å²) in [4.78, 5) is 4.48. The first-order valence-corrected chi connectivity index (χ1v) is 6.97. The van der Waals surface area contributed by atoms with E-state index in [9.17, 15) is 5.11 Å². The maximum atomic E-state index is 9.41. The van der Waals surface area contributed by atoms with Crippen molar-refractivity contribution in [2.75, 3.05) is 5.32 Å². The number of anilines is 1. The minimum atomic E-state index is -0.118. The van der Waals surface area contributed by atoms with E-state index in [0.29, 0.717) is 18.0 Å². The van der Waals surface area contributed by atoms with Crippen molar-refractivity contribution in [2.45, 2.75) is 45.3 Å². The van der Waals surface area contributed by atoms with Crippen molar-refractivity contribution >= 4 is 17.1 Å². The third kappa shape index (κ3) is 2.45. The average Bonchev–Trinajstić information content (AvgIpc) is 2.74. The highest BCUT2D eigenvalue weighted by Crippen LogP contribution is 2.33. The predicted octanol–water partition coefficient (Wildman–Crippen LogP) is 3.10. The molecule has 1 aliphatic rings. The Morgan fingerprint density at radius 3 is 2.95 bits per heavy atom. The van der Waals surface area contributed by atoms with Crippen LogP contribution in [-0.2, 0) is 0 Å². The average molecular weight is 260 g/mol. The largest absolute Gasteiger partial charge is 0.424 e. The number of aryl methyl sites for hydroxylation is 1. The molecule has 0 bridgehead atoms. The SMILES string of the molecule is CCC(Nc1nc2cc(C)ccc2o1)C1CC(O)C1. The smallest absolute Gasteiger partial charge is 0.295 e. The highest BCUT2D eigenvalue weighted by atomic mass is 16.4. The second-order valence-corrected chi connectivity index (χ2v) is 5.53. The lowest BCUT2D eigenvalue weighted by Crippen LogP contribution is -2.40. The predicted molar refractivity (Wildman–Crippen MR) is 75.2 cm³/mol. The fourth-order valence-electron chi connectivity index (χ4n) is 2.77.